The standard InChI is InChI=1S/C20H23ClN4O2/c1-13-23-16(11-18(24-13)27-14-5-3-2-4-6-14)15-12-25(9-10-26)17-7-8-22-20(21)19(15)17/h7-8,11-12,14,26H,2-6,9-10H2,1H3. The lowest BCUT2D eigenvalue weighted by Gasteiger charge is -2.22. The van der Waals surface area contributed by atoms with Crippen LogP contribution in [0.2, 0.25) is 5.15 Å². The van der Waals surface area contributed by atoms with Gasteiger partial charge in [0.1, 0.15) is 17.1 Å². The van der Waals surface area contributed by atoms with Crippen LogP contribution < -0.4 is 4.74 Å². The summed E-state index contributed by atoms with van der Waals surface area (Å²) in [5.41, 5.74) is 2.55. The largest absolute Gasteiger partial charge is 0.474 e. The molecule has 0 amide bonds. The third-order valence-electron chi connectivity index (χ3n) is 5.02. The molecule has 3 aromatic heterocycles. The summed E-state index contributed by atoms with van der Waals surface area (Å²) in [4.78, 5) is 13.3. The van der Waals surface area contributed by atoms with Crippen molar-refractivity contribution in [3.05, 3.63) is 35.5 Å². The second kappa shape index (κ2) is 7.82. The van der Waals surface area contributed by atoms with Crippen molar-refractivity contribution in [1.82, 2.24) is 19.5 Å². The summed E-state index contributed by atoms with van der Waals surface area (Å²) in [7, 11) is 0. The van der Waals surface area contributed by atoms with Crippen LogP contribution in [0.4, 0.5) is 0 Å². The SMILES string of the molecule is Cc1nc(OC2CCCCC2)cc(-c2cn(CCO)c3ccnc(Cl)c23)n1. The Balaban J connectivity index is 1.76. The first-order chi connectivity index (χ1) is 13.2. The molecular weight excluding hydrogens is 364 g/mol. The zero-order chi connectivity index (χ0) is 18.8. The van der Waals surface area contributed by atoms with Crippen LogP contribution in [0.25, 0.3) is 22.2 Å². The molecule has 3 heterocycles. The van der Waals surface area contributed by atoms with Gasteiger partial charge in [-0.2, -0.15) is 4.98 Å². The van der Waals surface area contributed by atoms with E-state index >= 15 is 0 Å². The second-order valence-corrected chi connectivity index (χ2v) is 7.33. The van der Waals surface area contributed by atoms with Gasteiger partial charge in [-0.3, -0.25) is 0 Å². The van der Waals surface area contributed by atoms with Gasteiger partial charge in [-0.15, -0.1) is 0 Å². The van der Waals surface area contributed by atoms with Crippen LogP contribution in [0.5, 0.6) is 5.88 Å². The number of nitrogens with zero attached hydrogens (tertiary/aromatic N) is 4. The number of hydrogen-bond acceptors (Lipinski definition) is 5. The van der Waals surface area contributed by atoms with Crippen molar-refractivity contribution < 1.29 is 9.84 Å². The lowest BCUT2D eigenvalue weighted by atomic mass is 9.98. The van der Waals surface area contributed by atoms with E-state index in [9.17, 15) is 5.11 Å². The molecule has 27 heavy (non-hydrogen) atoms. The molecule has 0 unspecified atom stereocenters. The van der Waals surface area contributed by atoms with Gasteiger partial charge in [0.15, 0.2) is 0 Å². The van der Waals surface area contributed by atoms with Gasteiger partial charge in [0.2, 0.25) is 5.88 Å². The van der Waals surface area contributed by atoms with Gasteiger partial charge in [-0.25, -0.2) is 9.97 Å². The summed E-state index contributed by atoms with van der Waals surface area (Å²) < 4.78 is 8.12. The number of aromatic nitrogens is 4. The number of aliphatic hydroxyl groups excluding tert-OH is 1. The van der Waals surface area contributed by atoms with E-state index in [1.165, 1.54) is 19.3 Å². The van der Waals surface area contributed by atoms with Gasteiger partial charge in [0, 0.05) is 36.0 Å². The number of aliphatic hydroxyl groups is 1. The summed E-state index contributed by atoms with van der Waals surface area (Å²) in [6, 6.07) is 3.77. The first-order valence-corrected chi connectivity index (χ1v) is 9.80. The van der Waals surface area contributed by atoms with E-state index < -0.39 is 0 Å². The molecule has 4 rings (SSSR count). The lowest BCUT2D eigenvalue weighted by molar-refractivity contribution is 0.148. The Bertz CT molecular complexity index is 951. The molecule has 0 radical (unpaired) electrons. The van der Waals surface area contributed by atoms with Gasteiger partial charge >= 0.3 is 0 Å². The van der Waals surface area contributed by atoms with Crippen molar-refractivity contribution in [3.63, 3.8) is 0 Å². The Hall–Kier alpha value is -2.18. The highest BCUT2D eigenvalue weighted by atomic mass is 35.5. The highest BCUT2D eigenvalue weighted by Gasteiger charge is 2.19. The van der Waals surface area contributed by atoms with Crippen LogP contribution in [0.3, 0.4) is 0 Å². The topological polar surface area (TPSA) is 73.1 Å². The summed E-state index contributed by atoms with van der Waals surface area (Å²) in [5, 5.41) is 10.6. The Morgan fingerprint density at radius 1 is 1.26 bits per heavy atom. The molecule has 1 saturated carbocycles. The van der Waals surface area contributed by atoms with E-state index in [-0.39, 0.29) is 12.7 Å². The van der Waals surface area contributed by atoms with E-state index in [4.69, 9.17) is 16.3 Å². The molecule has 1 aliphatic carbocycles. The number of pyridine rings is 1. The molecule has 142 valence electrons. The lowest BCUT2D eigenvalue weighted by Crippen LogP contribution is -2.20. The van der Waals surface area contributed by atoms with Crippen molar-refractivity contribution in [1.29, 1.82) is 0 Å². The van der Waals surface area contributed by atoms with Crippen LogP contribution in [-0.2, 0) is 6.54 Å². The third kappa shape index (κ3) is 3.77. The molecule has 1 aliphatic rings. The van der Waals surface area contributed by atoms with Crippen LogP contribution >= 0.6 is 11.6 Å². The Kier molecular flexibility index (Phi) is 5.27. The number of rotatable bonds is 5. The van der Waals surface area contributed by atoms with E-state index in [0.717, 1.165) is 35.0 Å². The molecule has 0 aliphatic heterocycles. The quantitative estimate of drug-likeness (QED) is 0.666. The molecule has 1 fully saturated rings. The minimum absolute atomic E-state index is 0.0437. The predicted molar refractivity (Wildman–Crippen MR) is 105 cm³/mol. The Morgan fingerprint density at radius 3 is 2.85 bits per heavy atom. The van der Waals surface area contributed by atoms with E-state index in [1.807, 2.05) is 29.8 Å². The molecule has 6 nitrogen and oxygen atoms in total. The monoisotopic (exact) mass is 386 g/mol. The summed E-state index contributed by atoms with van der Waals surface area (Å²) in [6.45, 7) is 2.39. The Morgan fingerprint density at radius 2 is 2.07 bits per heavy atom. The fourth-order valence-corrected chi connectivity index (χ4v) is 4.04. The zero-order valence-corrected chi connectivity index (χ0v) is 16.1. The maximum atomic E-state index is 9.38. The average molecular weight is 387 g/mol. The van der Waals surface area contributed by atoms with Gasteiger partial charge in [-0.1, -0.05) is 18.0 Å². The highest BCUT2D eigenvalue weighted by Crippen LogP contribution is 2.35. The zero-order valence-electron chi connectivity index (χ0n) is 15.4. The van der Waals surface area contributed by atoms with Gasteiger partial charge < -0.3 is 14.4 Å². The van der Waals surface area contributed by atoms with Crippen LogP contribution in [0.15, 0.2) is 24.5 Å². The molecule has 0 aromatic carbocycles. The number of halogens is 1. The Labute approximate surface area is 163 Å². The number of hydrogen-bond donors (Lipinski definition) is 1. The fourth-order valence-electron chi connectivity index (χ4n) is 3.78. The van der Waals surface area contributed by atoms with E-state index in [2.05, 4.69) is 15.0 Å². The summed E-state index contributed by atoms with van der Waals surface area (Å²) in [5.74, 6) is 1.26. The van der Waals surface area contributed by atoms with Gasteiger partial charge in [-0.05, 0) is 38.7 Å². The maximum Gasteiger partial charge on any atom is 0.217 e. The molecule has 0 spiro atoms. The summed E-state index contributed by atoms with van der Waals surface area (Å²) >= 11 is 6.40. The molecular formula is C20H23ClN4O2. The number of aryl methyl sites for hydroxylation is 1. The average Bonchev–Trinajstić information content (AvgIpc) is 3.03. The minimum Gasteiger partial charge on any atom is -0.474 e. The molecule has 3 aromatic rings. The predicted octanol–water partition coefficient (Wildman–Crippen LogP) is 4.16. The third-order valence-corrected chi connectivity index (χ3v) is 5.30. The highest BCUT2D eigenvalue weighted by molar-refractivity contribution is 6.35. The molecule has 7 heteroatoms. The number of fused-ring (bicyclic) bond motifs is 1. The molecule has 0 atom stereocenters. The van der Waals surface area contributed by atoms with Crippen LogP contribution in [0, 0.1) is 6.92 Å². The van der Waals surface area contributed by atoms with Crippen molar-refractivity contribution in [3.8, 4) is 17.1 Å². The maximum absolute atomic E-state index is 9.38. The first-order valence-electron chi connectivity index (χ1n) is 9.42. The minimum atomic E-state index is 0.0437. The summed E-state index contributed by atoms with van der Waals surface area (Å²) in [6.07, 6.45) is 9.69. The normalized spacial score (nSPS) is 15.4. The van der Waals surface area contributed by atoms with Crippen molar-refractivity contribution >= 4 is 22.5 Å². The van der Waals surface area contributed by atoms with Crippen molar-refractivity contribution in [2.75, 3.05) is 6.61 Å². The van der Waals surface area contributed by atoms with Crippen molar-refractivity contribution in [2.24, 2.45) is 0 Å². The molecule has 1 N–H and O–H groups in total. The molecule has 0 bridgehead atoms. The second-order valence-electron chi connectivity index (χ2n) is 6.97. The van der Waals surface area contributed by atoms with Crippen LogP contribution in [-0.4, -0.2) is 37.3 Å². The van der Waals surface area contributed by atoms with Gasteiger partial charge in [0.25, 0.3) is 0 Å². The van der Waals surface area contributed by atoms with Gasteiger partial charge in [0.05, 0.1) is 17.8 Å². The molecule has 0 saturated heterocycles. The first kappa shape index (κ1) is 18.2. The smallest absolute Gasteiger partial charge is 0.217 e. The fraction of sp³-hybridized carbons (Fsp3) is 0.450. The van der Waals surface area contributed by atoms with Crippen LogP contribution in [0.1, 0.15) is 37.9 Å². The van der Waals surface area contributed by atoms with E-state index in [0.29, 0.717) is 23.4 Å². The number of ether oxygens (including phenoxy) is 1. The van der Waals surface area contributed by atoms with E-state index in [1.54, 1.807) is 6.20 Å². The van der Waals surface area contributed by atoms with Crippen molar-refractivity contribution in [2.45, 2.75) is 51.7 Å².